The predicted molar refractivity (Wildman–Crippen MR) is 231 cm³/mol. The first kappa shape index (κ1) is 46.4. The number of Topliss-reactive ketones (excluding diaryl/α,β-unsaturated/α-hetero) is 2. The maximum atomic E-state index is 15.1. The maximum Gasteiger partial charge on any atom is 0.279 e. The van der Waals surface area contributed by atoms with Crippen LogP contribution in [-0.2, 0) is 53.7 Å². The van der Waals surface area contributed by atoms with Crippen LogP contribution in [0.5, 0.6) is 23.0 Å². The van der Waals surface area contributed by atoms with Crippen LogP contribution < -0.4 is 14.2 Å². The van der Waals surface area contributed by atoms with E-state index >= 15 is 4.79 Å². The molecule has 1 aliphatic carbocycles. The number of rotatable bonds is 13. The van der Waals surface area contributed by atoms with Gasteiger partial charge in [-0.05, 0) is 68.2 Å². The first-order valence-corrected chi connectivity index (χ1v) is 24.9. The van der Waals surface area contributed by atoms with Crippen LogP contribution in [0.2, 0.25) is 18.1 Å². The average molecular weight is 925 g/mol. The second kappa shape index (κ2) is 15.6. The van der Waals surface area contributed by atoms with E-state index < -0.39 is 97.6 Å². The van der Waals surface area contributed by atoms with Crippen molar-refractivity contribution in [2.45, 2.75) is 151 Å². The van der Waals surface area contributed by atoms with Gasteiger partial charge < -0.3 is 71.9 Å². The standard InChI is InChI=1S/C47H60O17Si/c1-22-17-27-33(37(51)35-34(38(27)54-8)28(57-20-25-13-15-26(53-7)16-14-25)18-29(36(35)50)64-65(11,12)43(4,5)6)39-32(22)40-41-46(61-39,44(21-58-44)47(62-40,63-41)42(55-9)56-10)60-31-19-30(49)45(52,23(2)48)24(3)59-31/h13-17,24,28-31,40-42,49,51-52H,18-21H2,1-12H3/t24-,28-,29-,30+,31-,40-,41-,44-,45+,46+,47-/m0/s1. The van der Waals surface area contributed by atoms with Gasteiger partial charge in [0.15, 0.2) is 37.9 Å². The maximum absolute atomic E-state index is 15.1. The Balaban J connectivity index is 1.23. The van der Waals surface area contributed by atoms with Crippen molar-refractivity contribution in [1.29, 1.82) is 0 Å². The summed E-state index contributed by atoms with van der Waals surface area (Å²) in [4.78, 5) is 27.7. The number of ketones is 2. The zero-order valence-corrected chi connectivity index (χ0v) is 39.9. The number of aryl methyl sites for hydroxylation is 1. The summed E-state index contributed by atoms with van der Waals surface area (Å²) in [7, 11) is 3.37. The molecule has 2 bridgehead atoms. The number of aliphatic hydroxyl groups is 2. The summed E-state index contributed by atoms with van der Waals surface area (Å²) in [6, 6.07) is 9.32. The number of carbonyl (C=O) groups is 2. The predicted octanol–water partition coefficient (Wildman–Crippen LogP) is 5.58. The van der Waals surface area contributed by atoms with Crippen molar-refractivity contribution >= 4 is 30.7 Å². The van der Waals surface area contributed by atoms with Gasteiger partial charge in [-0.25, -0.2) is 0 Å². The quantitative estimate of drug-likeness (QED) is 0.109. The first-order valence-electron chi connectivity index (χ1n) is 22.0. The summed E-state index contributed by atoms with van der Waals surface area (Å²) in [5, 5.41) is 35.7. The third kappa shape index (κ3) is 6.43. The monoisotopic (exact) mass is 924 g/mol. The second-order valence-electron chi connectivity index (χ2n) is 19.5. The van der Waals surface area contributed by atoms with Crippen LogP contribution in [0.25, 0.3) is 10.8 Å². The average Bonchev–Trinajstić information content (AvgIpc) is 3.92. The molecule has 0 radical (unpaired) electrons. The fourth-order valence-corrected chi connectivity index (χ4v) is 11.7. The molecule has 6 aliphatic rings. The Bertz CT molecular complexity index is 2390. The number of ether oxygens (including phenoxy) is 11. The fraction of sp³-hybridized carbons (Fsp3) is 0.617. The highest BCUT2D eigenvalue weighted by molar-refractivity contribution is 6.74. The molecule has 3 aromatic carbocycles. The number of aliphatic hydroxyl groups excluding tert-OH is 1. The van der Waals surface area contributed by atoms with Crippen LogP contribution >= 0.6 is 0 Å². The highest BCUT2D eigenvalue weighted by Gasteiger charge is 2.94. The van der Waals surface area contributed by atoms with Crippen LogP contribution in [0.4, 0.5) is 0 Å². The normalized spacial score (nSPS) is 34.8. The van der Waals surface area contributed by atoms with Gasteiger partial charge in [-0.3, -0.25) is 9.59 Å². The van der Waals surface area contributed by atoms with Crippen LogP contribution in [0, 0.1) is 6.92 Å². The van der Waals surface area contributed by atoms with Crippen molar-refractivity contribution in [2.75, 3.05) is 35.0 Å². The summed E-state index contributed by atoms with van der Waals surface area (Å²) >= 11 is 0. The highest BCUT2D eigenvalue weighted by Crippen LogP contribution is 2.72. The highest BCUT2D eigenvalue weighted by atomic mass is 28.4. The first-order chi connectivity index (χ1) is 30.6. The van der Waals surface area contributed by atoms with E-state index in [2.05, 4.69) is 33.9 Å². The summed E-state index contributed by atoms with van der Waals surface area (Å²) in [5.41, 5.74) is -1.46. The summed E-state index contributed by atoms with van der Waals surface area (Å²) < 4.78 is 77.0. The van der Waals surface area contributed by atoms with Crippen molar-refractivity contribution in [3.8, 4) is 23.0 Å². The van der Waals surface area contributed by atoms with Crippen LogP contribution in [0.1, 0.15) is 92.3 Å². The number of carbonyl (C=O) groups excluding carboxylic acids is 2. The second-order valence-corrected chi connectivity index (χ2v) is 24.3. The molecule has 9 rings (SSSR count). The molecule has 65 heavy (non-hydrogen) atoms. The van der Waals surface area contributed by atoms with Gasteiger partial charge in [-0.1, -0.05) is 32.9 Å². The Morgan fingerprint density at radius 1 is 1.00 bits per heavy atom. The Morgan fingerprint density at radius 3 is 2.25 bits per heavy atom. The molecule has 5 aliphatic heterocycles. The Hall–Kier alpha value is -3.76. The van der Waals surface area contributed by atoms with E-state index in [9.17, 15) is 20.1 Å². The molecule has 11 atom stereocenters. The molecule has 0 saturated carbocycles. The number of benzene rings is 3. The van der Waals surface area contributed by atoms with Gasteiger partial charge in [0.1, 0.15) is 35.2 Å². The van der Waals surface area contributed by atoms with Gasteiger partial charge in [-0.2, -0.15) is 0 Å². The number of phenols is 1. The number of aromatic hydroxyl groups is 1. The van der Waals surface area contributed by atoms with Crippen molar-refractivity contribution in [3.05, 3.63) is 58.1 Å². The molecule has 17 nitrogen and oxygen atoms in total. The van der Waals surface area contributed by atoms with Crippen molar-refractivity contribution in [2.24, 2.45) is 0 Å². The minimum atomic E-state index is -2.59. The van der Waals surface area contributed by atoms with Gasteiger partial charge in [0.2, 0.25) is 11.9 Å². The molecule has 0 amide bonds. The van der Waals surface area contributed by atoms with E-state index in [1.54, 1.807) is 7.11 Å². The minimum Gasteiger partial charge on any atom is -0.506 e. The van der Waals surface area contributed by atoms with E-state index in [1.807, 2.05) is 37.3 Å². The van der Waals surface area contributed by atoms with E-state index in [-0.39, 0.29) is 53.5 Å². The van der Waals surface area contributed by atoms with Gasteiger partial charge in [0.25, 0.3) is 11.6 Å². The number of fused-ring (bicyclic) bond motifs is 8. The Morgan fingerprint density at radius 2 is 1.68 bits per heavy atom. The lowest BCUT2D eigenvalue weighted by atomic mass is 9.77. The van der Waals surface area contributed by atoms with Gasteiger partial charge in [-0.15, -0.1) is 0 Å². The van der Waals surface area contributed by atoms with Crippen LogP contribution in [-0.4, -0.2) is 130 Å². The fourth-order valence-electron chi connectivity index (χ4n) is 10.4. The molecule has 4 saturated heterocycles. The van der Waals surface area contributed by atoms with E-state index in [1.165, 1.54) is 35.2 Å². The molecule has 0 unspecified atom stereocenters. The molecule has 0 aromatic heterocycles. The molecular formula is C47H60O17Si. The lowest BCUT2D eigenvalue weighted by Gasteiger charge is -2.52. The lowest BCUT2D eigenvalue weighted by Crippen LogP contribution is -2.72. The number of hydrogen-bond donors (Lipinski definition) is 3. The molecule has 1 spiro atoms. The molecule has 5 heterocycles. The van der Waals surface area contributed by atoms with Gasteiger partial charge >= 0.3 is 0 Å². The molecule has 3 aromatic rings. The van der Waals surface area contributed by atoms with E-state index in [0.29, 0.717) is 27.8 Å². The van der Waals surface area contributed by atoms with Gasteiger partial charge in [0.05, 0.1) is 56.7 Å². The number of hydrogen-bond acceptors (Lipinski definition) is 17. The zero-order valence-electron chi connectivity index (χ0n) is 38.9. The van der Waals surface area contributed by atoms with Crippen molar-refractivity contribution in [3.63, 3.8) is 0 Å². The Kier molecular flexibility index (Phi) is 11.2. The molecule has 354 valence electrons. The minimum absolute atomic E-state index is 0.0328. The van der Waals surface area contributed by atoms with Gasteiger partial charge in [0, 0.05) is 43.6 Å². The van der Waals surface area contributed by atoms with Crippen molar-refractivity contribution in [1.82, 2.24) is 0 Å². The summed E-state index contributed by atoms with van der Waals surface area (Å²) in [6.07, 6.45) is -9.26. The SMILES string of the molecule is COc1ccc(CO[C@H]2C[C@H](O[Si](C)(C)C(C)(C)C)C(=O)c3c2c(OC)c2cc(C)c4c(c2c3O)O[C@]2(O[C@H]3C[C@@H](O)[C@@](O)(C(C)=O)[C@H](C)O3)[C@H]3O[C@](C(OC)OC)(O[C@@H]43)[C@]23CO3)cc1. The summed E-state index contributed by atoms with van der Waals surface area (Å²) in [5.74, 6) is -4.15. The molecule has 18 heteroatoms. The Labute approximate surface area is 378 Å². The molecule has 3 N–H and O–H groups in total. The number of epoxide rings is 1. The largest absolute Gasteiger partial charge is 0.506 e. The zero-order chi connectivity index (χ0) is 47.0. The van der Waals surface area contributed by atoms with E-state index in [0.717, 1.165) is 5.56 Å². The third-order valence-corrected chi connectivity index (χ3v) is 19.5. The van der Waals surface area contributed by atoms with Crippen LogP contribution in [0.15, 0.2) is 30.3 Å². The summed E-state index contributed by atoms with van der Waals surface area (Å²) in [6.45, 7) is 15.0. The number of methoxy groups -OCH3 is 4. The smallest absolute Gasteiger partial charge is 0.279 e. The molecular weight excluding hydrogens is 865 g/mol. The van der Waals surface area contributed by atoms with Crippen LogP contribution in [0.3, 0.4) is 0 Å². The van der Waals surface area contributed by atoms with E-state index in [4.69, 9.17) is 56.5 Å². The lowest BCUT2D eigenvalue weighted by molar-refractivity contribution is -0.385. The molecule has 4 fully saturated rings. The van der Waals surface area contributed by atoms with Crippen molar-refractivity contribution < 1.29 is 81.4 Å². The third-order valence-electron chi connectivity index (χ3n) is 15.0. The number of phenolic OH excluding ortho intramolecular Hbond substituents is 1. The topological polar surface area (TPSA) is 209 Å².